The molecule has 1 rings (SSSR count). The number of alkyl halides is 6. The van der Waals surface area contributed by atoms with Gasteiger partial charge in [0.2, 0.25) is 0 Å². The first-order chi connectivity index (χ1) is 9.02. The van der Waals surface area contributed by atoms with E-state index >= 15 is 0 Å². The van der Waals surface area contributed by atoms with Crippen molar-refractivity contribution in [2.24, 2.45) is 0 Å². The molecule has 20 heavy (non-hydrogen) atoms. The Morgan fingerprint density at radius 3 is 2.05 bits per heavy atom. The van der Waals surface area contributed by atoms with Crippen LogP contribution in [0.4, 0.5) is 26.3 Å². The largest absolute Gasteiger partial charge is 0.573 e. The highest BCUT2D eigenvalue weighted by Crippen LogP contribution is 2.32. The van der Waals surface area contributed by atoms with Gasteiger partial charge in [-0.1, -0.05) is 6.92 Å². The van der Waals surface area contributed by atoms with Gasteiger partial charge in [-0.15, -0.1) is 26.3 Å². The van der Waals surface area contributed by atoms with E-state index in [-0.39, 0.29) is 6.42 Å². The number of ketones is 1. The lowest BCUT2D eigenvalue weighted by molar-refractivity contribution is -0.277. The molecular weight excluding hydrogens is 294 g/mol. The minimum atomic E-state index is -5.06. The highest BCUT2D eigenvalue weighted by molar-refractivity contribution is 5.98. The van der Waals surface area contributed by atoms with Crippen molar-refractivity contribution in [1.29, 1.82) is 0 Å². The van der Waals surface area contributed by atoms with Gasteiger partial charge in [0.25, 0.3) is 0 Å². The summed E-state index contributed by atoms with van der Waals surface area (Å²) in [6, 6.07) is 1.78. The Hall–Kier alpha value is -1.93. The van der Waals surface area contributed by atoms with Gasteiger partial charge in [0.15, 0.2) is 5.78 Å². The number of Topliss-reactive ketones (excluding diaryl/α,β-unsaturated/α-hetero) is 1. The summed E-state index contributed by atoms with van der Waals surface area (Å²) in [6.07, 6.45) is -10.3. The maximum Gasteiger partial charge on any atom is 0.573 e. The fraction of sp³-hybridized carbons (Fsp3) is 0.364. The smallest absolute Gasteiger partial charge is 0.406 e. The molecule has 0 saturated carbocycles. The molecule has 1 aromatic rings. The van der Waals surface area contributed by atoms with Gasteiger partial charge in [0.1, 0.15) is 11.5 Å². The van der Waals surface area contributed by atoms with Crippen molar-refractivity contribution >= 4 is 5.78 Å². The number of ether oxygens (including phenoxy) is 2. The van der Waals surface area contributed by atoms with Crippen LogP contribution in [0, 0.1) is 0 Å². The van der Waals surface area contributed by atoms with Gasteiger partial charge < -0.3 is 9.47 Å². The Labute approximate surface area is 109 Å². The van der Waals surface area contributed by atoms with E-state index in [1.807, 2.05) is 0 Å². The summed E-state index contributed by atoms with van der Waals surface area (Å²) < 4.78 is 79.5. The lowest BCUT2D eigenvalue weighted by atomic mass is 10.1. The zero-order valence-corrected chi connectivity index (χ0v) is 9.93. The summed E-state index contributed by atoms with van der Waals surface area (Å²) in [6.45, 7) is 1.34. The van der Waals surface area contributed by atoms with Crippen LogP contribution >= 0.6 is 0 Å². The third-order valence-electron chi connectivity index (χ3n) is 2.03. The van der Waals surface area contributed by atoms with Gasteiger partial charge in [-0.2, -0.15) is 0 Å². The zero-order valence-electron chi connectivity index (χ0n) is 9.93. The Balaban J connectivity index is 3.17. The maximum absolute atomic E-state index is 12.1. The van der Waals surface area contributed by atoms with Gasteiger partial charge in [0, 0.05) is 6.42 Å². The van der Waals surface area contributed by atoms with Crippen molar-refractivity contribution < 1.29 is 40.6 Å². The lowest BCUT2D eigenvalue weighted by Crippen LogP contribution is -2.20. The van der Waals surface area contributed by atoms with Gasteiger partial charge in [-0.05, 0) is 18.2 Å². The second-order valence-corrected chi connectivity index (χ2v) is 3.53. The first-order valence-electron chi connectivity index (χ1n) is 5.20. The summed E-state index contributed by atoms with van der Waals surface area (Å²) >= 11 is 0. The molecule has 0 radical (unpaired) electrons. The number of rotatable bonds is 4. The van der Waals surface area contributed by atoms with E-state index in [1.54, 1.807) is 0 Å². The number of carbonyl (C=O) groups excluding carboxylic acids is 1. The molecule has 0 unspecified atom stereocenters. The SMILES string of the molecule is CCC(=O)c1cc(OC(F)(F)F)ccc1OC(F)(F)F. The first-order valence-corrected chi connectivity index (χ1v) is 5.20. The summed E-state index contributed by atoms with van der Waals surface area (Å²) in [5.41, 5.74) is -0.633. The summed E-state index contributed by atoms with van der Waals surface area (Å²) in [7, 11) is 0. The minimum absolute atomic E-state index is 0.205. The van der Waals surface area contributed by atoms with Crippen molar-refractivity contribution in [2.75, 3.05) is 0 Å². The van der Waals surface area contributed by atoms with E-state index in [2.05, 4.69) is 9.47 Å². The lowest BCUT2D eigenvalue weighted by Gasteiger charge is -2.14. The van der Waals surface area contributed by atoms with Crippen LogP contribution in [0.1, 0.15) is 23.7 Å². The van der Waals surface area contributed by atoms with Crippen LogP contribution in [0.3, 0.4) is 0 Å². The third kappa shape index (κ3) is 4.98. The van der Waals surface area contributed by atoms with Gasteiger partial charge in [0.05, 0.1) is 5.56 Å². The van der Waals surface area contributed by atoms with Crippen molar-refractivity contribution in [1.82, 2.24) is 0 Å². The number of benzene rings is 1. The summed E-state index contributed by atoms with van der Waals surface area (Å²) in [4.78, 5) is 11.5. The molecule has 112 valence electrons. The standard InChI is InChI=1S/C11H8F6O3/c1-2-8(18)7-5-6(19-10(12,13)14)3-4-9(7)20-11(15,16)17/h3-5H,2H2,1H3. The molecule has 3 nitrogen and oxygen atoms in total. The summed E-state index contributed by atoms with van der Waals surface area (Å²) in [5, 5.41) is 0. The molecular formula is C11H8F6O3. The molecule has 0 saturated heterocycles. The average molecular weight is 302 g/mol. The highest BCUT2D eigenvalue weighted by atomic mass is 19.4. The first kappa shape index (κ1) is 16.1. The van der Waals surface area contributed by atoms with Gasteiger partial charge in [-0.25, -0.2) is 0 Å². The molecule has 0 fully saturated rings. The van der Waals surface area contributed by atoms with Crippen molar-refractivity contribution in [3.8, 4) is 11.5 Å². The fourth-order valence-electron chi connectivity index (χ4n) is 1.33. The van der Waals surface area contributed by atoms with Crippen LogP contribution in [-0.4, -0.2) is 18.5 Å². The molecule has 9 heteroatoms. The Morgan fingerprint density at radius 1 is 1.05 bits per heavy atom. The minimum Gasteiger partial charge on any atom is -0.406 e. The Morgan fingerprint density at radius 2 is 1.60 bits per heavy atom. The van der Waals surface area contributed by atoms with Gasteiger partial charge in [-0.3, -0.25) is 4.79 Å². The third-order valence-corrected chi connectivity index (χ3v) is 2.03. The van der Waals surface area contributed by atoms with Crippen molar-refractivity contribution in [3.05, 3.63) is 23.8 Å². The van der Waals surface area contributed by atoms with E-state index < -0.39 is 35.6 Å². The quantitative estimate of drug-likeness (QED) is 0.621. The predicted octanol–water partition coefficient (Wildman–Crippen LogP) is 4.08. The molecule has 0 bridgehead atoms. The molecule has 1 aromatic carbocycles. The maximum atomic E-state index is 12.1. The Kier molecular flexibility index (Phi) is 4.51. The summed E-state index contributed by atoms with van der Waals surface area (Å²) in [5.74, 6) is -2.49. The second kappa shape index (κ2) is 5.59. The number of hydrogen-bond acceptors (Lipinski definition) is 3. The van der Waals surface area contributed by atoms with Gasteiger partial charge >= 0.3 is 12.7 Å². The molecule has 0 aromatic heterocycles. The van der Waals surface area contributed by atoms with Crippen LogP contribution in [-0.2, 0) is 0 Å². The van der Waals surface area contributed by atoms with E-state index in [0.29, 0.717) is 18.2 Å². The highest BCUT2D eigenvalue weighted by Gasteiger charge is 2.34. The average Bonchev–Trinajstić information content (AvgIpc) is 2.26. The molecule has 0 spiro atoms. The van der Waals surface area contributed by atoms with Crippen LogP contribution in [0.15, 0.2) is 18.2 Å². The number of carbonyl (C=O) groups is 1. The molecule has 0 N–H and O–H groups in total. The molecule has 0 heterocycles. The van der Waals surface area contributed by atoms with Crippen LogP contribution < -0.4 is 9.47 Å². The molecule has 0 aliphatic rings. The number of hydrogen-bond donors (Lipinski definition) is 0. The van der Waals surface area contributed by atoms with Crippen LogP contribution in [0.5, 0.6) is 11.5 Å². The zero-order chi connectivity index (χ0) is 15.6. The van der Waals surface area contributed by atoms with E-state index in [4.69, 9.17) is 0 Å². The monoisotopic (exact) mass is 302 g/mol. The van der Waals surface area contributed by atoms with E-state index in [0.717, 1.165) is 0 Å². The van der Waals surface area contributed by atoms with Crippen molar-refractivity contribution in [3.63, 3.8) is 0 Å². The molecule has 0 aliphatic heterocycles. The predicted molar refractivity (Wildman–Crippen MR) is 54.4 cm³/mol. The fourth-order valence-corrected chi connectivity index (χ4v) is 1.33. The van der Waals surface area contributed by atoms with E-state index in [9.17, 15) is 31.1 Å². The molecule has 0 atom stereocenters. The molecule has 0 amide bonds. The Bertz CT molecular complexity index is 492. The normalized spacial score (nSPS) is 12.2. The molecule has 0 aliphatic carbocycles. The van der Waals surface area contributed by atoms with Crippen LogP contribution in [0.25, 0.3) is 0 Å². The van der Waals surface area contributed by atoms with Crippen molar-refractivity contribution in [2.45, 2.75) is 26.1 Å². The second-order valence-electron chi connectivity index (χ2n) is 3.53. The topological polar surface area (TPSA) is 35.5 Å². The number of halogens is 6. The van der Waals surface area contributed by atoms with Crippen LogP contribution in [0.2, 0.25) is 0 Å². The van der Waals surface area contributed by atoms with E-state index in [1.165, 1.54) is 6.92 Å².